The second-order valence-electron chi connectivity index (χ2n) is 7.66. The number of nitrogens with one attached hydrogen (secondary N) is 1. The highest BCUT2D eigenvalue weighted by atomic mass is 32.2. The van der Waals surface area contributed by atoms with Gasteiger partial charge in [0.1, 0.15) is 22.1 Å². The number of hydrogen-bond donors (Lipinski definition) is 2. The molecule has 5 rings (SSSR count). The van der Waals surface area contributed by atoms with Crippen LogP contribution in [0.15, 0.2) is 81.7 Å². The molecule has 3 heterocycles. The van der Waals surface area contributed by atoms with Crippen molar-refractivity contribution in [3.05, 3.63) is 82.3 Å². The van der Waals surface area contributed by atoms with Crippen LogP contribution < -0.4 is 5.32 Å². The lowest BCUT2D eigenvalue weighted by atomic mass is 10.0. The number of hydrogen-bond acceptors (Lipinski definition) is 7. The van der Waals surface area contributed by atoms with E-state index in [9.17, 15) is 19.5 Å². The zero-order valence-corrected chi connectivity index (χ0v) is 20.2. The Hall–Kier alpha value is -3.08. The average Bonchev–Trinajstić information content (AvgIpc) is 3.38. The van der Waals surface area contributed by atoms with Crippen molar-refractivity contribution in [2.75, 3.05) is 5.75 Å². The summed E-state index contributed by atoms with van der Waals surface area (Å²) >= 11 is 4.36. The topological polar surface area (TPSA) is 99.6 Å². The van der Waals surface area contributed by atoms with E-state index in [1.165, 1.54) is 28.4 Å². The zero-order valence-electron chi connectivity index (χ0n) is 17.7. The van der Waals surface area contributed by atoms with Crippen molar-refractivity contribution in [1.82, 2.24) is 15.2 Å². The molecule has 2 aliphatic heterocycles. The maximum absolute atomic E-state index is 12.9. The Morgan fingerprint density at radius 1 is 1.15 bits per heavy atom. The summed E-state index contributed by atoms with van der Waals surface area (Å²) in [5.74, 6) is -1.35. The second-order valence-corrected chi connectivity index (χ2v) is 10.8. The smallest absolute Gasteiger partial charge is 0.353 e. The van der Waals surface area contributed by atoms with Gasteiger partial charge in [0.15, 0.2) is 0 Å². The Bertz CT molecular complexity index is 1260. The molecular weight excluding hydrogens is 490 g/mol. The molecule has 3 aromatic rings. The number of thioether (sulfide) groups is 2. The largest absolute Gasteiger partial charge is 0.477 e. The fraction of sp³-hybridized carbons (Fsp3) is 0.167. The maximum atomic E-state index is 12.9. The number of nitrogens with zero attached hydrogens (tertiary/aromatic N) is 2. The Labute approximate surface area is 208 Å². The van der Waals surface area contributed by atoms with Gasteiger partial charge in [-0.1, -0.05) is 54.2 Å². The van der Waals surface area contributed by atoms with E-state index in [2.05, 4.69) is 10.3 Å². The van der Waals surface area contributed by atoms with Crippen LogP contribution >= 0.6 is 34.9 Å². The predicted octanol–water partition coefficient (Wildman–Crippen LogP) is 3.84. The number of carboxylic acid groups (broad SMARTS) is 1. The van der Waals surface area contributed by atoms with Crippen molar-refractivity contribution in [2.45, 2.75) is 22.7 Å². The number of aromatic nitrogens is 1. The first-order valence-corrected chi connectivity index (χ1v) is 13.2. The second kappa shape index (κ2) is 9.65. The summed E-state index contributed by atoms with van der Waals surface area (Å²) in [7, 11) is 0. The van der Waals surface area contributed by atoms with Gasteiger partial charge in [-0.05, 0) is 17.7 Å². The molecule has 7 nitrogen and oxygen atoms in total. The molecule has 0 bridgehead atoms. The van der Waals surface area contributed by atoms with E-state index in [4.69, 9.17) is 0 Å². The third kappa shape index (κ3) is 4.48. The van der Waals surface area contributed by atoms with E-state index in [0.29, 0.717) is 10.7 Å². The number of benzene rings is 2. The van der Waals surface area contributed by atoms with Gasteiger partial charge in [0.25, 0.3) is 5.91 Å². The summed E-state index contributed by atoms with van der Waals surface area (Å²) in [6.07, 6.45) is 1.92. The molecule has 2 atom stereocenters. The summed E-state index contributed by atoms with van der Waals surface area (Å²) in [5, 5.41) is 15.1. The van der Waals surface area contributed by atoms with Crippen LogP contribution in [0, 0.1) is 0 Å². The molecule has 0 spiro atoms. The van der Waals surface area contributed by atoms with Crippen LogP contribution in [0.2, 0.25) is 0 Å². The van der Waals surface area contributed by atoms with E-state index in [1.54, 1.807) is 17.5 Å². The number of fused-ring (bicyclic) bond motifs is 1. The van der Waals surface area contributed by atoms with Crippen molar-refractivity contribution in [2.24, 2.45) is 0 Å². The van der Waals surface area contributed by atoms with Crippen LogP contribution in [0.25, 0.3) is 10.6 Å². The van der Waals surface area contributed by atoms with Crippen molar-refractivity contribution in [3.8, 4) is 10.6 Å². The summed E-state index contributed by atoms with van der Waals surface area (Å²) < 4.78 is 0. The molecule has 0 radical (unpaired) electrons. The van der Waals surface area contributed by atoms with E-state index >= 15 is 0 Å². The monoisotopic (exact) mass is 509 g/mol. The summed E-state index contributed by atoms with van der Waals surface area (Å²) in [5.41, 5.74) is 1.85. The number of carboxylic acids is 1. The van der Waals surface area contributed by atoms with Gasteiger partial charge in [-0.2, -0.15) is 0 Å². The molecule has 1 saturated heterocycles. The van der Waals surface area contributed by atoms with Crippen LogP contribution in [-0.2, 0) is 20.8 Å². The normalized spacial score (nSPS) is 19.4. The molecule has 2 aliphatic rings. The first-order chi connectivity index (χ1) is 16.5. The third-order valence-electron chi connectivity index (χ3n) is 5.43. The molecule has 0 unspecified atom stereocenters. The van der Waals surface area contributed by atoms with Gasteiger partial charge in [-0.25, -0.2) is 9.78 Å². The van der Waals surface area contributed by atoms with Crippen molar-refractivity contribution in [1.29, 1.82) is 0 Å². The quantitative estimate of drug-likeness (QED) is 0.467. The average molecular weight is 510 g/mol. The van der Waals surface area contributed by atoms with Crippen LogP contribution in [0.1, 0.15) is 5.56 Å². The third-order valence-corrected chi connectivity index (χ3v) is 8.81. The predicted molar refractivity (Wildman–Crippen MR) is 133 cm³/mol. The molecule has 2 N–H and O–H groups in total. The molecule has 34 heavy (non-hydrogen) atoms. The molecule has 0 aliphatic carbocycles. The minimum atomic E-state index is -1.14. The molecule has 10 heteroatoms. The van der Waals surface area contributed by atoms with Gasteiger partial charge in [0.05, 0.1) is 6.42 Å². The van der Waals surface area contributed by atoms with Crippen LogP contribution in [-0.4, -0.2) is 49.9 Å². The van der Waals surface area contributed by atoms with Crippen molar-refractivity contribution in [3.63, 3.8) is 0 Å². The molecule has 0 saturated carbocycles. The minimum Gasteiger partial charge on any atom is -0.477 e. The highest BCUT2D eigenvalue weighted by Crippen LogP contribution is 2.45. The van der Waals surface area contributed by atoms with Gasteiger partial charge in [0, 0.05) is 32.7 Å². The van der Waals surface area contributed by atoms with E-state index < -0.39 is 23.3 Å². The van der Waals surface area contributed by atoms with Gasteiger partial charge in [-0.15, -0.1) is 23.1 Å². The fourth-order valence-corrected chi connectivity index (χ4v) is 6.97. The number of amides is 2. The first-order valence-electron chi connectivity index (χ1n) is 10.4. The van der Waals surface area contributed by atoms with E-state index in [0.717, 1.165) is 21.0 Å². The summed E-state index contributed by atoms with van der Waals surface area (Å²) in [4.78, 5) is 44.5. The lowest BCUT2D eigenvalue weighted by molar-refractivity contribution is -0.150. The van der Waals surface area contributed by atoms with Gasteiger partial charge >= 0.3 is 5.97 Å². The molecule has 1 aromatic heterocycles. The number of carbonyl (C=O) groups excluding carboxylic acids is 2. The Balaban J connectivity index is 1.29. The first kappa shape index (κ1) is 22.7. The standard InChI is InChI=1S/C24H19N3O4S3/c28-18(12-14-4-2-1-3-5-14)26-19-22(29)27-20(24(30)31)17(13-33-23(19)27)34-16-8-6-15(7-9-16)21-25-10-11-32-21/h1-11,19,23H,12-13H2,(H,26,28)(H,30,31)/t19-,23-/m1/s1. The van der Waals surface area contributed by atoms with Crippen LogP contribution in [0.4, 0.5) is 0 Å². The molecule has 1 fully saturated rings. The molecule has 2 aromatic carbocycles. The molecule has 2 amide bonds. The van der Waals surface area contributed by atoms with Gasteiger partial charge in [-0.3, -0.25) is 14.5 Å². The summed E-state index contributed by atoms with van der Waals surface area (Å²) in [6.45, 7) is 0. The molecule has 172 valence electrons. The number of rotatable bonds is 7. The highest BCUT2D eigenvalue weighted by Gasteiger charge is 2.54. The van der Waals surface area contributed by atoms with Gasteiger partial charge in [0.2, 0.25) is 5.91 Å². The Morgan fingerprint density at radius 2 is 1.91 bits per heavy atom. The Kier molecular flexibility index (Phi) is 6.44. The van der Waals surface area contributed by atoms with Crippen molar-refractivity contribution >= 4 is 52.6 Å². The Morgan fingerprint density at radius 3 is 2.59 bits per heavy atom. The van der Waals surface area contributed by atoms with Crippen LogP contribution in [0.3, 0.4) is 0 Å². The maximum Gasteiger partial charge on any atom is 0.353 e. The fourth-order valence-electron chi connectivity index (χ4n) is 3.85. The van der Waals surface area contributed by atoms with Gasteiger partial charge < -0.3 is 10.4 Å². The van der Waals surface area contributed by atoms with E-state index in [-0.39, 0.29) is 18.0 Å². The van der Waals surface area contributed by atoms with Crippen LogP contribution in [0.5, 0.6) is 0 Å². The summed E-state index contributed by atoms with van der Waals surface area (Å²) in [6, 6.07) is 16.3. The number of carbonyl (C=O) groups is 3. The minimum absolute atomic E-state index is 0.00342. The number of β-lactam (4-membered cyclic amide) rings is 1. The molecular formula is C24H19N3O4S3. The SMILES string of the molecule is O=C(Cc1ccccc1)N[C@@H]1C(=O)N2C(C(=O)O)=C(Sc3ccc(-c4nccs4)cc3)CS[C@H]12. The van der Waals surface area contributed by atoms with Crippen molar-refractivity contribution < 1.29 is 19.5 Å². The number of thiazole rings is 1. The lowest BCUT2D eigenvalue weighted by Gasteiger charge is -2.49. The van der Waals surface area contributed by atoms with E-state index in [1.807, 2.05) is 60.0 Å². The highest BCUT2D eigenvalue weighted by molar-refractivity contribution is 8.06. The lowest BCUT2D eigenvalue weighted by Crippen LogP contribution is -2.70. The number of aliphatic carboxylic acids is 1. The zero-order chi connectivity index (χ0) is 23.7.